The summed E-state index contributed by atoms with van der Waals surface area (Å²) in [6.45, 7) is 2.20. The number of nitrogens with zero attached hydrogens (tertiary/aromatic N) is 1. The molecule has 0 fully saturated rings. The van der Waals surface area contributed by atoms with E-state index >= 15 is 0 Å². The fourth-order valence-electron chi connectivity index (χ4n) is 4.21. The maximum absolute atomic E-state index is 14.2. The van der Waals surface area contributed by atoms with Gasteiger partial charge in [-0.15, -0.1) is 0 Å². The molecule has 31 heavy (non-hydrogen) atoms. The summed E-state index contributed by atoms with van der Waals surface area (Å²) in [4.78, 5) is 38.7. The molecule has 0 aromatic heterocycles. The van der Waals surface area contributed by atoms with Crippen LogP contribution in [-0.2, 0) is 37.6 Å². The van der Waals surface area contributed by atoms with Crippen molar-refractivity contribution in [3.8, 4) is 0 Å². The monoisotopic (exact) mass is 425 g/mol. The molecule has 7 nitrogen and oxygen atoms in total. The van der Waals surface area contributed by atoms with Crippen molar-refractivity contribution in [3.63, 3.8) is 0 Å². The van der Waals surface area contributed by atoms with Gasteiger partial charge in [0, 0.05) is 31.3 Å². The van der Waals surface area contributed by atoms with Crippen molar-refractivity contribution in [2.45, 2.75) is 31.8 Å². The molecule has 2 N–H and O–H groups in total. The summed E-state index contributed by atoms with van der Waals surface area (Å²) in [5, 5.41) is 5.16. The number of hydrogen-bond acceptors (Lipinski definition) is 4. The van der Waals surface area contributed by atoms with Crippen molar-refractivity contribution in [3.05, 3.63) is 58.9 Å². The van der Waals surface area contributed by atoms with E-state index in [0.29, 0.717) is 25.1 Å². The molecule has 2 aliphatic rings. The molecule has 1 unspecified atom stereocenters. The molecule has 1 atom stereocenters. The summed E-state index contributed by atoms with van der Waals surface area (Å²) in [7, 11) is 1.42. The Kier molecular flexibility index (Phi) is 5.49. The van der Waals surface area contributed by atoms with Crippen LogP contribution in [0.1, 0.15) is 30.0 Å². The van der Waals surface area contributed by atoms with E-state index < -0.39 is 23.2 Å². The lowest BCUT2D eigenvalue weighted by Gasteiger charge is -2.29. The number of aryl methyl sites for hydroxylation is 1. The van der Waals surface area contributed by atoms with Crippen LogP contribution >= 0.6 is 0 Å². The summed E-state index contributed by atoms with van der Waals surface area (Å²) in [5.41, 5.74) is 2.61. The van der Waals surface area contributed by atoms with Crippen molar-refractivity contribution >= 4 is 29.1 Å². The highest BCUT2D eigenvalue weighted by molar-refractivity contribution is 6.39. The fraction of sp³-hybridized carbons (Fsp3) is 0.348. The second-order valence-electron chi connectivity index (χ2n) is 7.99. The Morgan fingerprint density at radius 2 is 1.84 bits per heavy atom. The molecule has 3 amide bonds. The van der Waals surface area contributed by atoms with Gasteiger partial charge < -0.3 is 20.3 Å². The van der Waals surface area contributed by atoms with Gasteiger partial charge in [-0.25, -0.2) is 4.39 Å². The first kappa shape index (κ1) is 21.0. The lowest BCUT2D eigenvalue weighted by Crippen LogP contribution is -2.44. The molecular formula is C23H24FN3O4. The van der Waals surface area contributed by atoms with Crippen LogP contribution in [0.5, 0.6) is 0 Å². The third kappa shape index (κ3) is 3.90. The zero-order chi connectivity index (χ0) is 22.2. The first-order valence-electron chi connectivity index (χ1n) is 10.2. The Morgan fingerprint density at radius 1 is 1.13 bits per heavy atom. The van der Waals surface area contributed by atoms with E-state index in [1.807, 2.05) is 6.07 Å². The number of halogens is 1. The lowest BCUT2D eigenvalue weighted by atomic mass is 9.95. The summed E-state index contributed by atoms with van der Waals surface area (Å²) < 4.78 is 19.6. The molecule has 0 aliphatic carbocycles. The fourth-order valence-corrected chi connectivity index (χ4v) is 4.21. The Labute approximate surface area is 179 Å². The number of carbonyl (C=O) groups is 3. The molecule has 2 aromatic rings. The van der Waals surface area contributed by atoms with Gasteiger partial charge in [0.05, 0.1) is 12.2 Å². The van der Waals surface area contributed by atoms with Crippen LogP contribution in [0.25, 0.3) is 0 Å². The Balaban J connectivity index is 1.43. The smallest absolute Gasteiger partial charge is 0.313 e. The Bertz CT molecular complexity index is 1070. The number of methoxy groups -OCH3 is 1. The molecule has 2 heterocycles. The molecule has 162 valence electrons. The minimum atomic E-state index is -1.13. The van der Waals surface area contributed by atoms with Crippen LogP contribution in [0.4, 0.5) is 15.8 Å². The number of carbonyl (C=O) groups excluding carboxylic acids is 3. The van der Waals surface area contributed by atoms with Crippen molar-refractivity contribution in [2.24, 2.45) is 0 Å². The topological polar surface area (TPSA) is 87.7 Å². The molecule has 0 radical (unpaired) electrons. The van der Waals surface area contributed by atoms with Gasteiger partial charge in [0.15, 0.2) is 0 Å². The number of rotatable bonds is 5. The number of ether oxygens (including phenoxy) is 1. The van der Waals surface area contributed by atoms with Crippen LogP contribution in [-0.4, -0.2) is 37.9 Å². The highest BCUT2D eigenvalue weighted by Gasteiger charge is 2.33. The first-order valence-corrected chi connectivity index (χ1v) is 10.2. The predicted octanol–water partition coefficient (Wildman–Crippen LogP) is 2.28. The molecule has 0 saturated heterocycles. The molecule has 2 aliphatic heterocycles. The van der Waals surface area contributed by atoms with Gasteiger partial charge in [0.25, 0.3) is 0 Å². The average molecular weight is 425 g/mol. The average Bonchev–Trinajstić information content (AvgIpc) is 3.20. The van der Waals surface area contributed by atoms with Crippen molar-refractivity contribution < 1.29 is 23.5 Å². The van der Waals surface area contributed by atoms with Gasteiger partial charge in [-0.05, 0) is 49.1 Å². The number of hydrogen-bond donors (Lipinski definition) is 2. The van der Waals surface area contributed by atoms with Crippen LogP contribution in [0, 0.1) is 5.82 Å². The normalized spacial score (nSPS) is 16.5. The zero-order valence-electron chi connectivity index (χ0n) is 17.5. The molecule has 0 saturated carbocycles. The quantitative estimate of drug-likeness (QED) is 0.720. The van der Waals surface area contributed by atoms with Gasteiger partial charge in [-0.2, -0.15) is 0 Å². The third-order valence-electron chi connectivity index (χ3n) is 6.00. The first-order chi connectivity index (χ1) is 14.8. The van der Waals surface area contributed by atoms with Gasteiger partial charge >= 0.3 is 11.8 Å². The maximum atomic E-state index is 14.2. The summed E-state index contributed by atoms with van der Waals surface area (Å²) in [6, 6.07) is 9.76. The van der Waals surface area contributed by atoms with Gasteiger partial charge in [0.2, 0.25) is 5.91 Å². The molecule has 0 spiro atoms. The summed E-state index contributed by atoms with van der Waals surface area (Å²) in [5.74, 6) is -1.99. The highest BCUT2D eigenvalue weighted by atomic mass is 19.1. The van der Waals surface area contributed by atoms with Gasteiger partial charge in [0.1, 0.15) is 11.4 Å². The Hall–Kier alpha value is -3.26. The molecule has 0 bridgehead atoms. The minimum Gasteiger partial charge on any atom is -0.372 e. The van der Waals surface area contributed by atoms with Crippen LogP contribution < -0.4 is 15.5 Å². The third-order valence-corrected chi connectivity index (χ3v) is 6.00. The number of nitrogens with one attached hydrogen (secondary N) is 2. The molecule has 2 aromatic carbocycles. The second-order valence-corrected chi connectivity index (χ2v) is 7.99. The molecule has 4 rings (SSSR count). The van der Waals surface area contributed by atoms with Crippen molar-refractivity contribution in [2.75, 3.05) is 30.4 Å². The minimum absolute atomic E-state index is 0.0802. The lowest BCUT2D eigenvalue weighted by molar-refractivity contribution is -0.137. The van der Waals surface area contributed by atoms with E-state index in [2.05, 4.69) is 10.6 Å². The van der Waals surface area contributed by atoms with E-state index in [-0.39, 0.29) is 18.0 Å². The van der Waals surface area contributed by atoms with Gasteiger partial charge in [-0.1, -0.05) is 18.2 Å². The van der Waals surface area contributed by atoms with Crippen molar-refractivity contribution in [1.29, 1.82) is 0 Å². The van der Waals surface area contributed by atoms with E-state index in [1.165, 1.54) is 13.2 Å². The molecular weight excluding hydrogens is 401 g/mol. The maximum Gasteiger partial charge on any atom is 0.313 e. The SMILES string of the molecule is COC(C)(CNC(=O)C(=O)Nc1cc2c3c(c1)CCN3C(=O)CC2)c1ccccc1F. The number of benzene rings is 2. The number of anilines is 2. The largest absolute Gasteiger partial charge is 0.372 e. The highest BCUT2D eigenvalue weighted by Crippen LogP contribution is 2.38. The van der Waals surface area contributed by atoms with Crippen LogP contribution in [0.3, 0.4) is 0 Å². The summed E-state index contributed by atoms with van der Waals surface area (Å²) in [6.07, 6.45) is 1.77. The van der Waals surface area contributed by atoms with Crippen LogP contribution in [0.2, 0.25) is 0 Å². The second kappa shape index (κ2) is 8.11. The van der Waals surface area contributed by atoms with Crippen molar-refractivity contribution in [1.82, 2.24) is 5.32 Å². The van der Waals surface area contributed by atoms with E-state index in [1.54, 1.807) is 36.1 Å². The van der Waals surface area contributed by atoms with Gasteiger partial charge in [-0.3, -0.25) is 14.4 Å². The van der Waals surface area contributed by atoms with E-state index in [9.17, 15) is 18.8 Å². The standard InChI is InChI=1S/C23H24FN3O4/c1-23(31-2,17-5-3-4-6-18(17)24)13-25-21(29)22(30)26-16-11-14-7-8-19(28)27-10-9-15(12-16)20(14)27/h3-6,11-12H,7-10,13H2,1-2H3,(H,25,29)(H,26,30). The van der Waals surface area contributed by atoms with Crippen LogP contribution in [0.15, 0.2) is 36.4 Å². The zero-order valence-corrected chi connectivity index (χ0v) is 17.5. The summed E-state index contributed by atoms with van der Waals surface area (Å²) >= 11 is 0. The van der Waals surface area contributed by atoms with E-state index in [4.69, 9.17) is 4.74 Å². The predicted molar refractivity (Wildman–Crippen MR) is 113 cm³/mol. The number of amides is 3. The van der Waals surface area contributed by atoms with E-state index in [0.717, 1.165) is 23.2 Å². The Morgan fingerprint density at radius 3 is 2.55 bits per heavy atom. The molecule has 8 heteroatoms.